The number of rotatable bonds is 9. The highest BCUT2D eigenvalue weighted by atomic mass is 35.5. The van der Waals surface area contributed by atoms with Gasteiger partial charge in [-0.25, -0.2) is 4.98 Å². The Balaban J connectivity index is 1.51. The summed E-state index contributed by atoms with van der Waals surface area (Å²) in [6.45, 7) is 5.02. The molecule has 1 aromatic heterocycles. The second-order valence-corrected chi connectivity index (χ2v) is 9.30. The number of aromatic nitrogens is 1. The topological polar surface area (TPSA) is 58.4 Å². The van der Waals surface area contributed by atoms with Gasteiger partial charge in [0.25, 0.3) is 5.91 Å². The van der Waals surface area contributed by atoms with Crippen LogP contribution in [0, 0.1) is 0 Å². The highest BCUT2D eigenvalue weighted by Crippen LogP contribution is 2.28. The monoisotopic (exact) mass is 507 g/mol. The first kappa shape index (κ1) is 25.0. The minimum atomic E-state index is -0.278. The van der Waals surface area contributed by atoms with Crippen LogP contribution in [0.1, 0.15) is 59.0 Å². The average molecular weight is 508 g/mol. The van der Waals surface area contributed by atoms with E-state index in [0.717, 1.165) is 16.7 Å². The Bertz CT molecular complexity index is 1260. The fourth-order valence-electron chi connectivity index (χ4n) is 3.90. The van der Waals surface area contributed by atoms with Gasteiger partial charge in [-0.3, -0.25) is 9.69 Å². The van der Waals surface area contributed by atoms with Gasteiger partial charge in [-0.15, -0.1) is 0 Å². The lowest BCUT2D eigenvalue weighted by molar-refractivity contribution is 0.0934. The number of carbonyl (C=O) groups excluding carboxylic acids is 1. The largest absolute Gasteiger partial charge is 0.447 e. The lowest BCUT2D eigenvalue weighted by Gasteiger charge is -2.28. The van der Waals surface area contributed by atoms with E-state index in [9.17, 15) is 4.79 Å². The number of amides is 1. The van der Waals surface area contributed by atoms with E-state index in [1.54, 1.807) is 6.07 Å². The highest BCUT2D eigenvalue weighted by molar-refractivity contribution is 6.35. The highest BCUT2D eigenvalue weighted by Gasteiger charge is 2.22. The molecule has 7 heteroatoms. The van der Waals surface area contributed by atoms with Crippen LogP contribution in [0.2, 0.25) is 10.0 Å². The van der Waals surface area contributed by atoms with Crippen LogP contribution in [0.25, 0.3) is 0 Å². The normalized spacial score (nSPS) is 12.9. The van der Waals surface area contributed by atoms with Gasteiger partial charge < -0.3 is 9.73 Å². The van der Waals surface area contributed by atoms with E-state index in [4.69, 9.17) is 27.6 Å². The van der Waals surface area contributed by atoms with Gasteiger partial charge in [-0.05, 0) is 42.7 Å². The number of halogens is 2. The molecule has 0 radical (unpaired) electrons. The zero-order chi connectivity index (χ0) is 24.8. The molecule has 180 valence electrons. The molecule has 3 aromatic carbocycles. The minimum Gasteiger partial charge on any atom is -0.447 e. The average Bonchev–Trinajstić information content (AvgIpc) is 3.34. The van der Waals surface area contributed by atoms with Crippen molar-refractivity contribution in [3.63, 3.8) is 0 Å². The number of nitrogens with zero attached hydrogens (tertiary/aromatic N) is 2. The number of nitrogens with one attached hydrogen (secondary N) is 1. The molecule has 1 N–H and O–H groups in total. The van der Waals surface area contributed by atoms with Crippen LogP contribution in [0.5, 0.6) is 0 Å². The smallest absolute Gasteiger partial charge is 0.273 e. The van der Waals surface area contributed by atoms with Crippen LogP contribution in [0.4, 0.5) is 0 Å². The zero-order valence-electron chi connectivity index (χ0n) is 19.6. The first-order chi connectivity index (χ1) is 16.9. The Kier molecular flexibility index (Phi) is 8.24. The maximum Gasteiger partial charge on any atom is 0.273 e. The summed E-state index contributed by atoms with van der Waals surface area (Å²) in [5, 5.41) is 4.17. The Morgan fingerprint density at radius 3 is 2.26 bits per heavy atom. The number of benzene rings is 3. The molecule has 0 spiro atoms. The third kappa shape index (κ3) is 6.51. The van der Waals surface area contributed by atoms with Crippen LogP contribution in [0.15, 0.2) is 89.5 Å². The molecule has 0 aliphatic heterocycles. The van der Waals surface area contributed by atoms with E-state index in [1.165, 1.54) is 6.26 Å². The van der Waals surface area contributed by atoms with Crippen molar-refractivity contribution in [2.45, 2.75) is 39.0 Å². The third-order valence-electron chi connectivity index (χ3n) is 5.99. The Morgan fingerprint density at radius 1 is 0.943 bits per heavy atom. The standard InChI is InChI=1S/C28H27Cl2N3O2/c1-19(21-9-5-3-6-10-21)31-28(34)26-18-35-27(32-26)17-33(20(2)22-11-7-4-8-12-22)16-23-13-14-24(29)15-25(23)30/h3-15,18-20H,16-17H2,1-2H3,(H,31,34)/t19-,20-/m1/s1. The Labute approximate surface area is 215 Å². The molecule has 0 saturated carbocycles. The summed E-state index contributed by atoms with van der Waals surface area (Å²) in [7, 11) is 0. The molecule has 0 unspecified atom stereocenters. The molecule has 2 atom stereocenters. The third-order valence-corrected chi connectivity index (χ3v) is 6.58. The Hall–Kier alpha value is -3.12. The van der Waals surface area contributed by atoms with Crippen LogP contribution in [0.3, 0.4) is 0 Å². The SMILES string of the molecule is C[C@H](c1ccccc1)N(Cc1nc(C(=O)N[C@H](C)c2ccccc2)co1)Cc1ccc(Cl)cc1Cl. The summed E-state index contributed by atoms with van der Waals surface area (Å²) < 4.78 is 5.71. The van der Waals surface area contributed by atoms with Gasteiger partial charge in [0.1, 0.15) is 6.26 Å². The maximum absolute atomic E-state index is 12.8. The van der Waals surface area contributed by atoms with Gasteiger partial charge in [0.05, 0.1) is 12.6 Å². The van der Waals surface area contributed by atoms with E-state index >= 15 is 0 Å². The lowest BCUT2D eigenvalue weighted by atomic mass is 10.1. The van der Waals surface area contributed by atoms with Crippen LogP contribution < -0.4 is 5.32 Å². The number of carbonyl (C=O) groups is 1. The molecule has 0 bridgehead atoms. The molecule has 5 nitrogen and oxygen atoms in total. The van der Waals surface area contributed by atoms with E-state index in [-0.39, 0.29) is 23.7 Å². The summed E-state index contributed by atoms with van der Waals surface area (Å²) in [5.74, 6) is 0.176. The predicted octanol–water partition coefficient (Wildman–Crippen LogP) is 7.24. The molecule has 35 heavy (non-hydrogen) atoms. The van der Waals surface area contributed by atoms with Gasteiger partial charge in [0.15, 0.2) is 5.69 Å². The number of hydrogen-bond acceptors (Lipinski definition) is 4. The van der Waals surface area contributed by atoms with Crippen LogP contribution in [-0.2, 0) is 13.1 Å². The zero-order valence-corrected chi connectivity index (χ0v) is 21.1. The molecule has 0 aliphatic rings. The van der Waals surface area contributed by atoms with Gasteiger partial charge in [0.2, 0.25) is 5.89 Å². The van der Waals surface area contributed by atoms with E-state index < -0.39 is 0 Å². The first-order valence-corrected chi connectivity index (χ1v) is 12.2. The Morgan fingerprint density at radius 2 is 1.60 bits per heavy atom. The fourth-order valence-corrected chi connectivity index (χ4v) is 4.37. The maximum atomic E-state index is 12.8. The second kappa shape index (κ2) is 11.5. The fraction of sp³-hybridized carbons (Fsp3) is 0.214. The first-order valence-electron chi connectivity index (χ1n) is 11.4. The van der Waals surface area contributed by atoms with Crippen molar-refractivity contribution in [1.82, 2.24) is 15.2 Å². The minimum absolute atomic E-state index is 0.0465. The quantitative estimate of drug-likeness (QED) is 0.259. The molecular weight excluding hydrogens is 481 g/mol. The van der Waals surface area contributed by atoms with Crippen LogP contribution in [-0.4, -0.2) is 15.8 Å². The van der Waals surface area contributed by atoms with Gasteiger partial charge in [-0.1, -0.05) is 89.9 Å². The summed E-state index contributed by atoms with van der Waals surface area (Å²) >= 11 is 12.6. The molecule has 4 aromatic rings. The van der Waals surface area contributed by atoms with E-state index in [2.05, 4.69) is 34.3 Å². The molecule has 1 heterocycles. The van der Waals surface area contributed by atoms with Crippen molar-refractivity contribution in [3.05, 3.63) is 123 Å². The van der Waals surface area contributed by atoms with Crippen molar-refractivity contribution < 1.29 is 9.21 Å². The summed E-state index contributed by atoms with van der Waals surface area (Å²) in [6.07, 6.45) is 1.41. The van der Waals surface area contributed by atoms with Crippen LogP contribution >= 0.6 is 23.2 Å². The number of oxazole rings is 1. The van der Waals surface area contributed by atoms with Crippen molar-refractivity contribution in [3.8, 4) is 0 Å². The van der Waals surface area contributed by atoms with Gasteiger partial charge in [0, 0.05) is 22.6 Å². The summed E-state index contributed by atoms with van der Waals surface area (Å²) in [5.41, 5.74) is 3.37. The predicted molar refractivity (Wildman–Crippen MR) is 139 cm³/mol. The molecule has 0 fully saturated rings. The van der Waals surface area contributed by atoms with Crippen molar-refractivity contribution >= 4 is 29.1 Å². The molecule has 0 aliphatic carbocycles. The van der Waals surface area contributed by atoms with Gasteiger partial charge >= 0.3 is 0 Å². The molecule has 4 rings (SSSR count). The molecular formula is C28H27Cl2N3O2. The second-order valence-electron chi connectivity index (χ2n) is 8.46. The molecule has 0 saturated heterocycles. The molecule has 1 amide bonds. The van der Waals surface area contributed by atoms with E-state index in [0.29, 0.717) is 29.0 Å². The van der Waals surface area contributed by atoms with Crippen molar-refractivity contribution in [2.75, 3.05) is 0 Å². The lowest BCUT2D eigenvalue weighted by Crippen LogP contribution is -2.28. The van der Waals surface area contributed by atoms with Crippen molar-refractivity contribution in [2.24, 2.45) is 0 Å². The summed E-state index contributed by atoms with van der Waals surface area (Å²) in [4.78, 5) is 19.4. The number of hydrogen-bond donors (Lipinski definition) is 1. The summed E-state index contributed by atoms with van der Waals surface area (Å²) in [6, 6.07) is 25.4. The van der Waals surface area contributed by atoms with E-state index in [1.807, 2.05) is 67.6 Å². The van der Waals surface area contributed by atoms with Crippen molar-refractivity contribution in [1.29, 1.82) is 0 Å². The van der Waals surface area contributed by atoms with Gasteiger partial charge in [-0.2, -0.15) is 0 Å².